The molecule has 2 rings (SSSR count). The van der Waals surface area contributed by atoms with E-state index >= 15 is 0 Å². The van der Waals surface area contributed by atoms with E-state index < -0.39 is 5.97 Å². The topological polar surface area (TPSA) is 59.4 Å². The van der Waals surface area contributed by atoms with Gasteiger partial charge in [-0.1, -0.05) is 19.1 Å². The number of pyridine rings is 1. The van der Waals surface area contributed by atoms with Crippen molar-refractivity contribution in [1.29, 1.82) is 0 Å². The van der Waals surface area contributed by atoms with E-state index in [4.69, 9.17) is 9.84 Å². The summed E-state index contributed by atoms with van der Waals surface area (Å²) in [6.07, 6.45) is 7.86. The predicted molar refractivity (Wildman–Crippen MR) is 67.7 cm³/mol. The van der Waals surface area contributed by atoms with Gasteiger partial charge in [0, 0.05) is 6.20 Å². The molecule has 96 valence electrons. The van der Waals surface area contributed by atoms with Crippen molar-refractivity contribution in [2.24, 2.45) is 11.8 Å². The molecule has 4 heteroatoms. The molecule has 4 nitrogen and oxygen atoms in total. The molecule has 0 fully saturated rings. The third-order valence-electron chi connectivity index (χ3n) is 3.34. The van der Waals surface area contributed by atoms with Crippen molar-refractivity contribution in [2.75, 3.05) is 6.61 Å². The molecule has 1 heterocycles. The second kappa shape index (κ2) is 5.67. The van der Waals surface area contributed by atoms with Crippen LogP contribution in [0, 0.1) is 11.8 Å². The maximum Gasteiger partial charge on any atom is 0.358 e. The van der Waals surface area contributed by atoms with Gasteiger partial charge in [-0.3, -0.25) is 0 Å². The Bertz CT molecular complexity index is 456. The molecule has 0 aromatic carbocycles. The molecular weight excluding hydrogens is 230 g/mol. The van der Waals surface area contributed by atoms with Crippen molar-refractivity contribution in [3.63, 3.8) is 0 Å². The fraction of sp³-hybridized carbons (Fsp3) is 0.429. The van der Waals surface area contributed by atoms with E-state index in [1.165, 1.54) is 6.20 Å². The molecule has 0 amide bonds. The van der Waals surface area contributed by atoms with Crippen LogP contribution >= 0.6 is 0 Å². The van der Waals surface area contributed by atoms with E-state index in [0.717, 1.165) is 12.8 Å². The molecule has 2 atom stereocenters. The quantitative estimate of drug-likeness (QED) is 0.831. The van der Waals surface area contributed by atoms with Crippen LogP contribution in [-0.2, 0) is 0 Å². The largest absolute Gasteiger partial charge is 0.491 e. The lowest BCUT2D eigenvalue weighted by atomic mass is 9.85. The summed E-state index contributed by atoms with van der Waals surface area (Å²) in [5.41, 5.74) is -0.0171. The predicted octanol–water partition coefficient (Wildman–Crippen LogP) is 2.76. The van der Waals surface area contributed by atoms with Gasteiger partial charge >= 0.3 is 5.97 Å². The van der Waals surface area contributed by atoms with Crippen molar-refractivity contribution in [3.05, 3.63) is 36.2 Å². The smallest absolute Gasteiger partial charge is 0.358 e. The fourth-order valence-electron chi connectivity index (χ4n) is 2.10. The highest BCUT2D eigenvalue weighted by molar-refractivity contribution is 5.88. The summed E-state index contributed by atoms with van der Waals surface area (Å²) in [7, 11) is 0. The Morgan fingerprint density at radius 1 is 1.50 bits per heavy atom. The number of nitrogens with zero attached hydrogens (tertiary/aromatic N) is 1. The Morgan fingerprint density at radius 2 is 2.28 bits per heavy atom. The van der Waals surface area contributed by atoms with Crippen LogP contribution in [0.4, 0.5) is 0 Å². The van der Waals surface area contributed by atoms with Crippen LogP contribution in [-0.4, -0.2) is 22.7 Å². The lowest BCUT2D eigenvalue weighted by Gasteiger charge is -2.25. The first-order valence-electron chi connectivity index (χ1n) is 6.14. The minimum Gasteiger partial charge on any atom is -0.491 e. The van der Waals surface area contributed by atoms with Crippen LogP contribution < -0.4 is 4.74 Å². The first-order chi connectivity index (χ1) is 8.68. The Morgan fingerprint density at radius 3 is 3.00 bits per heavy atom. The number of rotatable bonds is 4. The molecule has 1 aromatic heterocycles. The van der Waals surface area contributed by atoms with Gasteiger partial charge in [0.05, 0.1) is 6.61 Å². The number of aromatic carboxylic acids is 1. The van der Waals surface area contributed by atoms with E-state index in [-0.39, 0.29) is 5.69 Å². The molecule has 0 saturated heterocycles. The van der Waals surface area contributed by atoms with Gasteiger partial charge in [-0.05, 0) is 36.8 Å². The highest BCUT2D eigenvalue weighted by atomic mass is 16.5. The van der Waals surface area contributed by atoms with E-state index in [9.17, 15) is 4.79 Å². The molecular formula is C14H17NO3. The molecule has 1 aromatic rings. The number of hydrogen-bond acceptors (Lipinski definition) is 3. The van der Waals surface area contributed by atoms with Crippen LogP contribution in [0.1, 0.15) is 30.3 Å². The zero-order valence-electron chi connectivity index (χ0n) is 10.4. The number of hydrogen-bond donors (Lipinski definition) is 1. The maximum atomic E-state index is 11.0. The lowest BCUT2D eigenvalue weighted by molar-refractivity contribution is 0.0683. The Hall–Kier alpha value is -1.84. The minimum atomic E-state index is -1.05. The molecule has 2 unspecified atom stereocenters. The summed E-state index contributed by atoms with van der Waals surface area (Å²) < 4.78 is 5.63. The number of carboxylic acids is 1. The number of carbonyl (C=O) groups is 1. The van der Waals surface area contributed by atoms with Gasteiger partial charge in [-0.25, -0.2) is 9.78 Å². The lowest BCUT2D eigenvalue weighted by Crippen LogP contribution is -2.21. The molecule has 1 N–H and O–H groups in total. The summed E-state index contributed by atoms with van der Waals surface area (Å²) in [6, 6.07) is 3.34. The zero-order chi connectivity index (χ0) is 13.0. The van der Waals surface area contributed by atoms with E-state index in [1.807, 2.05) is 0 Å². The third-order valence-corrected chi connectivity index (χ3v) is 3.34. The van der Waals surface area contributed by atoms with Gasteiger partial charge in [0.1, 0.15) is 0 Å². The average molecular weight is 247 g/mol. The molecule has 18 heavy (non-hydrogen) atoms. The van der Waals surface area contributed by atoms with Gasteiger partial charge in [-0.15, -0.1) is 0 Å². The normalized spacial score (nSPS) is 22.7. The van der Waals surface area contributed by atoms with Crippen LogP contribution in [0.2, 0.25) is 0 Å². The molecule has 0 bridgehead atoms. The van der Waals surface area contributed by atoms with E-state index in [2.05, 4.69) is 24.1 Å². The molecule has 1 aliphatic carbocycles. The second-order valence-electron chi connectivity index (χ2n) is 4.65. The van der Waals surface area contributed by atoms with Crippen LogP contribution in [0.3, 0.4) is 0 Å². The highest BCUT2D eigenvalue weighted by Crippen LogP contribution is 2.26. The van der Waals surface area contributed by atoms with Gasteiger partial charge in [0.2, 0.25) is 0 Å². The summed E-state index contributed by atoms with van der Waals surface area (Å²) in [5, 5.41) is 9.00. The number of allylic oxidation sites excluding steroid dienone is 2. The average Bonchev–Trinajstić information content (AvgIpc) is 2.38. The second-order valence-corrected chi connectivity index (χ2v) is 4.65. The van der Waals surface area contributed by atoms with Gasteiger partial charge in [0.25, 0.3) is 0 Å². The Kier molecular flexibility index (Phi) is 3.97. The monoisotopic (exact) mass is 247 g/mol. The Balaban J connectivity index is 2.02. The highest BCUT2D eigenvalue weighted by Gasteiger charge is 2.20. The van der Waals surface area contributed by atoms with Crippen molar-refractivity contribution in [2.45, 2.75) is 19.8 Å². The molecule has 0 radical (unpaired) electrons. The standard InChI is InChI=1S/C14H17NO3/c1-10-5-2-3-6-11(10)9-18-12-7-4-8-15-13(12)14(16)17/h2-4,7-8,10-11H,5-6,9H2,1H3,(H,16,17). The van der Waals surface area contributed by atoms with Gasteiger partial charge < -0.3 is 9.84 Å². The van der Waals surface area contributed by atoms with Gasteiger partial charge in [0.15, 0.2) is 11.4 Å². The third kappa shape index (κ3) is 2.88. The van der Waals surface area contributed by atoms with Crippen molar-refractivity contribution in [3.8, 4) is 5.75 Å². The Labute approximate surface area is 106 Å². The first kappa shape index (κ1) is 12.6. The van der Waals surface area contributed by atoms with Crippen molar-refractivity contribution < 1.29 is 14.6 Å². The summed E-state index contributed by atoms with van der Waals surface area (Å²) in [5.74, 6) is 0.311. The minimum absolute atomic E-state index is 0.0171. The SMILES string of the molecule is CC1CC=CCC1COc1cccnc1C(=O)O. The van der Waals surface area contributed by atoms with E-state index in [0.29, 0.717) is 24.2 Å². The summed E-state index contributed by atoms with van der Waals surface area (Å²) in [4.78, 5) is 14.8. The molecule has 0 spiro atoms. The number of carboxylic acid groups (broad SMARTS) is 1. The van der Waals surface area contributed by atoms with Crippen LogP contribution in [0.15, 0.2) is 30.5 Å². The van der Waals surface area contributed by atoms with Gasteiger partial charge in [-0.2, -0.15) is 0 Å². The fourth-order valence-corrected chi connectivity index (χ4v) is 2.10. The van der Waals surface area contributed by atoms with Crippen LogP contribution in [0.5, 0.6) is 5.75 Å². The summed E-state index contributed by atoms with van der Waals surface area (Å²) >= 11 is 0. The molecule has 0 aliphatic heterocycles. The van der Waals surface area contributed by atoms with Crippen LogP contribution in [0.25, 0.3) is 0 Å². The van der Waals surface area contributed by atoms with E-state index in [1.54, 1.807) is 12.1 Å². The number of ether oxygens (including phenoxy) is 1. The molecule has 1 aliphatic rings. The van der Waals surface area contributed by atoms with Crippen molar-refractivity contribution in [1.82, 2.24) is 4.98 Å². The molecule has 0 saturated carbocycles. The zero-order valence-corrected chi connectivity index (χ0v) is 10.4. The first-order valence-corrected chi connectivity index (χ1v) is 6.14. The van der Waals surface area contributed by atoms with Crippen molar-refractivity contribution >= 4 is 5.97 Å². The maximum absolute atomic E-state index is 11.0. The summed E-state index contributed by atoms with van der Waals surface area (Å²) in [6.45, 7) is 2.73. The number of aromatic nitrogens is 1.